The van der Waals surface area contributed by atoms with Crippen molar-refractivity contribution in [3.05, 3.63) is 58.4 Å². The smallest absolute Gasteiger partial charge is 0.363 e. The molecule has 1 amide bonds. The van der Waals surface area contributed by atoms with Gasteiger partial charge < -0.3 is 4.74 Å². The Morgan fingerprint density at radius 1 is 1.21 bits per heavy atom. The molecule has 0 spiro atoms. The average Bonchev–Trinajstić information content (AvgIpc) is 3.03. The first-order valence-electron chi connectivity index (χ1n) is 8.45. The summed E-state index contributed by atoms with van der Waals surface area (Å²) in [6.45, 7) is 5.14. The molecule has 1 aromatic carbocycles. The second kappa shape index (κ2) is 8.53. The van der Waals surface area contributed by atoms with E-state index >= 15 is 0 Å². The first kappa shape index (κ1) is 20.0. The van der Waals surface area contributed by atoms with E-state index in [0.717, 1.165) is 5.75 Å². The number of ether oxygens (including phenoxy) is 1. The van der Waals surface area contributed by atoms with Crippen LogP contribution in [-0.2, 0) is 14.3 Å². The summed E-state index contributed by atoms with van der Waals surface area (Å²) < 4.78 is 5.22. The second-order valence-corrected chi connectivity index (χ2v) is 7.43. The molecule has 7 nitrogen and oxygen atoms in total. The number of halogens is 1. The molecule has 2 aliphatic heterocycles. The van der Waals surface area contributed by atoms with Gasteiger partial charge in [0.2, 0.25) is 11.8 Å². The molecule has 0 radical (unpaired) electrons. The van der Waals surface area contributed by atoms with E-state index in [-0.39, 0.29) is 17.5 Å². The van der Waals surface area contributed by atoms with E-state index in [4.69, 9.17) is 16.3 Å². The molecule has 0 bridgehead atoms. The number of hydrazone groups is 1. The lowest BCUT2D eigenvalue weighted by Gasteiger charge is -2.22. The van der Waals surface area contributed by atoms with Crippen LogP contribution in [0.3, 0.4) is 0 Å². The maximum Gasteiger partial charge on any atom is 0.363 e. The Labute approximate surface area is 171 Å². The average molecular weight is 417 g/mol. The van der Waals surface area contributed by atoms with Crippen LogP contribution >= 0.6 is 23.4 Å². The summed E-state index contributed by atoms with van der Waals surface area (Å²) in [6.07, 6.45) is 3.16. The van der Waals surface area contributed by atoms with E-state index in [2.05, 4.69) is 15.1 Å². The molecular formula is C19H17ClN4O3S. The van der Waals surface area contributed by atoms with Gasteiger partial charge in [0.25, 0.3) is 0 Å². The molecule has 2 heterocycles. The third-order valence-electron chi connectivity index (χ3n) is 3.70. The van der Waals surface area contributed by atoms with Crippen molar-refractivity contribution < 1.29 is 14.3 Å². The van der Waals surface area contributed by atoms with Gasteiger partial charge in [-0.25, -0.2) is 14.8 Å². The number of esters is 1. The number of nitrogens with zero attached hydrogens (tertiary/aromatic N) is 4. The van der Waals surface area contributed by atoms with Crippen LogP contribution in [0.4, 0.5) is 0 Å². The summed E-state index contributed by atoms with van der Waals surface area (Å²) in [4.78, 5) is 32.6. The van der Waals surface area contributed by atoms with Crippen LogP contribution in [0.25, 0.3) is 0 Å². The number of thioether (sulfide) groups is 1. The van der Waals surface area contributed by atoms with Crippen molar-refractivity contribution >= 4 is 52.0 Å². The van der Waals surface area contributed by atoms with Crippen LogP contribution in [0.1, 0.15) is 26.3 Å². The van der Waals surface area contributed by atoms with Crippen LogP contribution in [0.5, 0.6) is 0 Å². The van der Waals surface area contributed by atoms with Gasteiger partial charge in [-0.15, -0.1) is 0 Å². The molecule has 2 aliphatic rings. The molecule has 0 N–H and O–H groups in total. The van der Waals surface area contributed by atoms with Crippen LogP contribution < -0.4 is 0 Å². The monoisotopic (exact) mass is 416 g/mol. The Hall–Kier alpha value is -2.71. The number of amides is 1. The summed E-state index contributed by atoms with van der Waals surface area (Å²) in [5.74, 6) is 0.193. The molecule has 9 heteroatoms. The number of allylic oxidation sites excluding steroid dienone is 3. The lowest BCUT2D eigenvalue weighted by molar-refractivity contribution is -0.130. The predicted molar refractivity (Wildman–Crippen MR) is 111 cm³/mol. The molecule has 0 aliphatic carbocycles. The van der Waals surface area contributed by atoms with Crippen LogP contribution in [0, 0.1) is 0 Å². The highest BCUT2D eigenvalue weighted by Gasteiger charge is 2.25. The first-order valence-corrected chi connectivity index (χ1v) is 9.82. The van der Waals surface area contributed by atoms with Gasteiger partial charge in [-0.2, -0.15) is 10.1 Å². The Bertz CT molecular complexity index is 977. The molecule has 0 saturated heterocycles. The molecule has 0 atom stereocenters. The lowest BCUT2D eigenvalue weighted by atomic mass is 10.2. The number of rotatable bonds is 3. The molecule has 28 heavy (non-hydrogen) atoms. The fourth-order valence-corrected chi connectivity index (χ4v) is 3.20. The van der Waals surface area contributed by atoms with Crippen LogP contribution in [0.2, 0.25) is 5.02 Å². The minimum Gasteiger partial charge on any atom is -0.402 e. The minimum atomic E-state index is -0.551. The van der Waals surface area contributed by atoms with Crippen molar-refractivity contribution in [2.75, 3.05) is 5.75 Å². The Balaban J connectivity index is 1.89. The molecule has 0 fully saturated rings. The number of carbonyl (C=O) groups is 2. The number of cyclic esters (lactones) is 1. The molecular weight excluding hydrogens is 400 g/mol. The number of benzene rings is 1. The van der Waals surface area contributed by atoms with E-state index in [9.17, 15) is 9.59 Å². The maximum absolute atomic E-state index is 12.1. The molecule has 0 aromatic heterocycles. The van der Waals surface area contributed by atoms with Crippen molar-refractivity contribution in [1.82, 2.24) is 5.01 Å². The van der Waals surface area contributed by atoms with Gasteiger partial charge in [0.05, 0.1) is 11.4 Å². The van der Waals surface area contributed by atoms with Crippen molar-refractivity contribution in [3.63, 3.8) is 0 Å². The zero-order chi connectivity index (χ0) is 20.3. The normalized spacial score (nSPS) is 19.5. The summed E-state index contributed by atoms with van der Waals surface area (Å²) in [7, 11) is 0. The summed E-state index contributed by atoms with van der Waals surface area (Å²) in [6, 6.07) is 6.84. The molecule has 144 valence electrons. The number of aliphatic imine (C=N–C) groups is 2. The topological polar surface area (TPSA) is 83.7 Å². The number of hydrogen-bond acceptors (Lipinski definition) is 7. The zero-order valence-electron chi connectivity index (χ0n) is 15.5. The fourth-order valence-electron chi connectivity index (χ4n) is 2.36. The summed E-state index contributed by atoms with van der Waals surface area (Å²) >= 11 is 7.28. The highest BCUT2D eigenvalue weighted by Crippen LogP contribution is 2.21. The van der Waals surface area contributed by atoms with E-state index in [1.54, 1.807) is 37.3 Å². The highest BCUT2D eigenvalue weighted by atomic mass is 35.5. The molecule has 0 saturated carbocycles. The zero-order valence-corrected chi connectivity index (χ0v) is 17.0. The van der Waals surface area contributed by atoms with Gasteiger partial charge in [0.15, 0.2) is 10.9 Å². The van der Waals surface area contributed by atoms with E-state index in [1.807, 2.05) is 6.92 Å². The van der Waals surface area contributed by atoms with Gasteiger partial charge in [0, 0.05) is 17.5 Å². The van der Waals surface area contributed by atoms with Gasteiger partial charge in [-0.05, 0) is 49.1 Å². The van der Waals surface area contributed by atoms with Gasteiger partial charge in [-0.1, -0.05) is 30.3 Å². The SMILES string of the molecule is CCSC1=N/C(=C\C=C2\N=C(c3ccc(Cl)cc3)OC2=O)C(C)=NN1C(C)=O. The van der Waals surface area contributed by atoms with Crippen molar-refractivity contribution in [2.45, 2.75) is 20.8 Å². The number of amidine groups is 1. The van der Waals surface area contributed by atoms with Gasteiger partial charge in [0.1, 0.15) is 0 Å². The quantitative estimate of drug-likeness (QED) is 0.554. The third kappa shape index (κ3) is 4.40. The van der Waals surface area contributed by atoms with Crippen molar-refractivity contribution in [2.24, 2.45) is 15.1 Å². The standard InChI is InChI=1S/C19H17ClN4O3S/c1-4-28-19-22-15(11(2)23-24(19)12(3)25)9-10-16-18(26)27-17(21-16)13-5-7-14(20)8-6-13/h5-10H,4H2,1-3H3/b15-9-,16-10+. The van der Waals surface area contributed by atoms with Gasteiger partial charge >= 0.3 is 5.97 Å². The van der Waals surface area contributed by atoms with Crippen LogP contribution in [-0.4, -0.2) is 39.4 Å². The number of carbonyl (C=O) groups excluding carboxylic acids is 2. The maximum atomic E-state index is 12.1. The lowest BCUT2D eigenvalue weighted by Crippen LogP contribution is -2.32. The minimum absolute atomic E-state index is 0.152. The first-order chi connectivity index (χ1) is 13.4. The van der Waals surface area contributed by atoms with E-state index in [0.29, 0.717) is 27.2 Å². The molecule has 1 aromatic rings. The second-order valence-electron chi connectivity index (χ2n) is 5.76. The Kier molecular flexibility index (Phi) is 6.11. The third-order valence-corrected chi connectivity index (χ3v) is 4.76. The van der Waals surface area contributed by atoms with Crippen LogP contribution in [0.15, 0.2) is 62.9 Å². The largest absolute Gasteiger partial charge is 0.402 e. The highest BCUT2D eigenvalue weighted by molar-refractivity contribution is 8.13. The van der Waals surface area contributed by atoms with E-state index < -0.39 is 5.97 Å². The summed E-state index contributed by atoms with van der Waals surface area (Å²) in [5.41, 5.74) is 1.91. The Morgan fingerprint density at radius 3 is 2.54 bits per heavy atom. The Morgan fingerprint density at radius 2 is 1.89 bits per heavy atom. The molecule has 0 unspecified atom stereocenters. The van der Waals surface area contributed by atoms with Crippen molar-refractivity contribution in [1.29, 1.82) is 0 Å². The van der Waals surface area contributed by atoms with E-state index in [1.165, 1.54) is 29.8 Å². The predicted octanol–water partition coefficient (Wildman–Crippen LogP) is 3.76. The summed E-state index contributed by atoms with van der Waals surface area (Å²) in [5, 5.41) is 6.63. The number of hydrogen-bond donors (Lipinski definition) is 0. The fraction of sp³-hybridized carbons (Fsp3) is 0.211. The van der Waals surface area contributed by atoms with Crippen molar-refractivity contribution in [3.8, 4) is 0 Å². The van der Waals surface area contributed by atoms with Gasteiger partial charge in [-0.3, -0.25) is 4.79 Å². The molecule has 3 rings (SSSR count).